The molecule has 0 aliphatic rings. The standard InChI is InChI=1S/C6H8BBrO2/c1-4(7)6(10)2-5(9)3-8/h3,9-10H,2H2,1H3/b5-3-,6-4-. The Morgan fingerprint density at radius 2 is 2.10 bits per heavy atom. The van der Waals surface area contributed by atoms with Gasteiger partial charge in [0.25, 0.3) is 0 Å². The molecule has 0 saturated carbocycles. The fourth-order valence-corrected chi connectivity index (χ4v) is 0.511. The molecule has 0 saturated heterocycles. The molecule has 0 aliphatic heterocycles. The van der Waals surface area contributed by atoms with Crippen LogP contribution in [0.2, 0.25) is 0 Å². The van der Waals surface area contributed by atoms with Crippen LogP contribution in [0.4, 0.5) is 0 Å². The van der Waals surface area contributed by atoms with Crippen molar-refractivity contribution in [1.82, 2.24) is 0 Å². The van der Waals surface area contributed by atoms with Crippen molar-refractivity contribution in [2.45, 2.75) is 13.3 Å². The summed E-state index contributed by atoms with van der Waals surface area (Å²) in [5.74, 6) is 0.0375. The summed E-state index contributed by atoms with van der Waals surface area (Å²) in [7, 11) is 5.21. The molecule has 2 N–H and O–H groups in total. The summed E-state index contributed by atoms with van der Waals surface area (Å²) in [6.07, 6.45) is 0.0770. The Labute approximate surface area is 69.8 Å². The molecule has 10 heavy (non-hydrogen) atoms. The lowest BCUT2D eigenvalue weighted by Crippen LogP contribution is -1.89. The highest BCUT2D eigenvalue weighted by Crippen LogP contribution is 2.09. The summed E-state index contributed by atoms with van der Waals surface area (Å²) in [4.78, 5) is 1.33. The van der Waals surface area contributed by atoms with Crippen molar-refractivity contribution in [3.05, 3.63) is 22.0 Å². The molecule has 0 fully saturated rings. The van der Waals surface area contributed by atoms with Crippen LogP contribution in [-0.2, 0) is 0 Å². The summed E-state index contributed by atoms with van der Waals surface area (Å²) in [6.45, 7) is 1.57. The highest BCUT2D eigenvalue weighted by Gasteiger charge is 1.97. The van der Waals surface area contributed by atoms with Gasteiger partial charge in [-0.25, -0.2) is 0 Å². The number of aliphatic hydroxyl groups is 2. The maximum atomic E-state index is 8.96. The molecule has 0 heterocycles. The SMILES string of the molecule is [B]/C(C)=C(\O)C/C(O)=C/Br. The number of aliphatic hydroxyl groups excluding tert-OH is 2. The van der Waals surface area contributed by atoms with Gasteiger partial charge < -0.3 is 10.2 Å². The number of hydrogen-bond donors (Lipinski definition) is 2. The molecule has 0 aromatic rings. The zero-order chi connectivity index (χ0) is 8.15. The maximum absolute atomic E-state index is 8.96. The molecule has 0 spiro atoms. The molecule has 54 valence electrons. The van der Waals surface area contributed by atoms with Crippen LogP contribution in [0.3, 0.4) is 0 Å². The third-order valence-corrected chi connectivity index (χ3v) is 1.46. The maximum Gasteiger partial charge on any atom is 0.112 e. The van der Waals surface area contributed by atoms with E-state index in [2.05, 4.69) is 15.9 Å². The predicted molar refractivity (Wildman–Crippen MR) is 45.3 cm³/mol. The first kappa shape index (κ1) is 9.62. The van der Waals surface area contributed by atoms with E-state index in [0.29, 0.717) is 5.47 Å². The number of hydrogen-bond acceptors (Lipinski definition) is 2. The van der Waals surface area contributed by atoms with Gasteiger partial charge in [-0.05, 0) is 0 Å². The highest BCUT2D eigenvalue weighted by molar-refractivity contribution is 9.11. The van der Waals surface area contributed by atoms with Crippen molar-refractivity contribution in [3.63, 3.8) is 0 Å². The smallest absolute Gasteiger partial charge is 0.112 e. The van der Waals surface area contributed by atoms with Crippen LogP contribution < -0.4 is 0 Å². The van der Waals surface area contributed by atoms with Gasteiger partial charge in [-0.1, -0.05) is 28.3 Å². The third kappa shape index (κ3) is 3.61. The van der Waals surface area contributed by atoms with Gasteiger partial charge in [0.2, 0.25) is 0 Å². The quantitative estimate of drug-likeness (QED) is 0.532. The normalized spacial score (nSPS) is 14.8. The highest BCUT2D eigenvalue weighted by atomic mass is 79.9. The van der Waals surface area contributed by atoms with E-state index in [1.807, 2.05) is 0 Å². The Morgan fingerprint density at radius 3 is 2.40 bits per heavy atom. The minimum absolute atomic E-state index is 0.00630. The summed E-state index contributed by atoms with van der Waals surface area (Å²) in [5, 5.41) is 17.8. The Kier molecular flexibility index (Phi) is 4.28. The van der Waals surface area contributed by atoms with Gasteiger partial charge in [0.1, 0.15) is 13.6 Å². The first-order chi connectivity index (χ1) is 4.57. The summed E-state index contributed by atoms with van der Waals surface area (Å²) in [5.41, 5.74) is 0.320. The second-order valence-corrected chi connectivity index (χ2v) is 2.36. The fraction of sp³-hybridized carbons (Fsp3) is 0.333. The van der Waals surface area contributed by atoms with E-state index in [9.17, 15) is 0 Å². The van der Waals surface area contributed by atoms with Crippen LogP contribution in [0, 0.1) is 0 Å². The number of allylic oxidation sites excluding steroid dienone is 1. The first-order valence-electron chi connectivity index (χ1n) is 2.70. The van der Waals surface area contributed by atoms with Crippen molar-refractivity contribution in [2.24, 2.45) is 0 Å². The molecule has 2 nitrogen and oxygen atoms in total. The van der Waals surface area contributed by atoms with Crippen LogP contribution in [0.25, 0.3) is 0 Å². The third-order valence-electron chi connectivity index (χ3n) is 0.930. The van der Waals surface area contributed by atoms with Gasteiger partial charge in [0.15, 0.2) is 0 Å². The summed E-state index contributed by atoms with van der Waals surface area (Å²) < 4.78 is 0. The zero-order valence-electron chi connectivity index (χ0n) is 5.63. The van der Waals surface area contributed by atoms with Crippen molar-refractivity contribution in [1.29, 1.82) is 0 Å². The van der Waals surface area contributed by atoms with Crippen molar-refractivity contribution >= 4 is 23.8 Å². The van der Waals surface area contributed by atoms with Gasteiger partial charge in [-0.2, -0.15) is 0 Å². The minimum atomic E-state index is -0.00630. The van der Waals surface area contributed by atoms with Gasteiger partial charge in [-0.15, -0.1) is 0 Å². The van der Waals surface area contributed by atoms with E-state index in [1.165, 1.54) is 4.99 Å². The molecular weight excluding hydrogens is 195 g/mol. The van der Waals surface area contributed by atoms with E-state index in [4.69, 9.17) is 18.1 Å². The van der Waals surface area contributed by atoms with Crippen molar-refractivity contribution in [2.75, 3.05) is 0 Å². The van der Waals surface area contributed by atoms with Gasteiger partial charge >= 0.3 is 0 Å². The molecule has 2 radical (unpaired) electrons. The molecule has 0 aliphatic carbocycles. The summed E-state index contributed by atoms with van der Waals surface area (Å²) in [6, 6.07) is 0. The van der Waals surface area contributed by atoms with Crippen LogP contribution >= 0.6 is 15.9 Å². The van der Waals surface area contributed by atoms with Crippen LogP contribution in [0.1, 0.15) is 13.3 Å². The predicted octanol–water partition coefficient (Wildman–Crippen LogP) is 2.13. The molecule has 0 atom stereocenters. The topological polar surface area (TPSA) is 40.5 Å². The Bertz CT molecular complexity index is 171. The number of halogens is 1. The Balaban J connectivity index is 4.05. The molecule has 4 heteroatoms. The Morgan fingerprint density at radius 1 is 1.60 bits per heavy atom. The largest absolute Gasteiger partial charge is 0.513 e. The summed E-state index contributed by atoms with van der Waals surface area (Å²) >= 11 is 2.91. The fourth-order valence-electron chi connectivity index (χ4n) is 0.350. The van der Waals surface area contributed by atoms with Crippen LogP contribution in [0.5, 0.6) is 0 Å². The number of rotatable bonds is 2. The molecular formula is C6H8BBrO2. The van der Waals surface area contributed by atoms with Crippen LogP contribution in [0.15, 0.2) is 22.0 Å². The van der Waals surface area contributed by atoms with E-state index in [1.54, 1.807) is 6.92 Å². The molecule has 0 bridgehead atoms. The van der Waals surface area contributed by atoms with E-state index in [0.717, 1.165) is 0 Å². The molecule has 0 unspecified atom stereocenters. The van der Waals surface area contributed by atoms with E-state index >= 15 is 0 Å². The van der Waals surface area contributed by atoms with E-state index < -0.39 is 0 Å². The van der Waals surface area contributed by atoms with Gasteiger partial charge in [0, 0.05) is 4.99 Å². The van der Waals surface area contributed by atoms with Crippen molar-refractivity contribution < 1.29 is 10.2 Å². The van der Waals surface area contributed by atoms with Crippen molar-refractivity contribution in [3.8, 4) is 0 Å². The average molecular weight is 203 g/mol. The van der Waals surface area contributed by atoms with E-state index in [-0.39, 0.29) is 17.9 Å². The second-order valence-electron chi connectivity index (χ2n) is 1.91. The monoisotopic (exact) mass is 202 g/mol. The first-order valence-corrected chi connectivity index (χ1v) is 3.62. The lowest BCUT2D eigenvalue weighted by molar-refractivity contribution is 0.341. The lowest BCUT2D eigenvalue weighted by Gasteiger charge is -2.00. The molecule has 0 amide bonds. The minimum Gasteiger partial charge on any atom is -0.513 e. The lowest BCUT2D eigenvalue weighted by atomic mass is 9.95. The van der Waals surface area contributed by atoms with Crippen LogP contribution in [-0.4, -0.2) is 18.1 Å². The Hall–Kier alpha value is -0.375. The van der Waals surface area contributed by atoms with Gasteiger partial charge in [-0.3, -0.25) is 0 Å². The molecule has 0 rings (SSSR count). The second kappa shape index (κ2) is 4.44. The molecule has 0 aromatic carbocycles. The van der Waals surface area contributed by atoms with Gasteiger partial charge in [0.05, 0.1) is 12.2 Å². The average Bonchev–Trinajstić information content (AvgIpc) is 1.87. The zero-order valence-corrected chi connectivity index (χ0v) is 7.22. The molecule has 0 aromatic heterocycles.